The molecule has 0 unspecified atom stereocenters. The van der Waals surface area contributed by atoms with E-state index in [2.05, 4.69) is 20.2 Å². The monoisotopic (exact) mass is 207 g/mol. The van der Waals surface area contributed by atoms with Gasteiger partial charge in [-0.1, -0.05) is 0 Å². The lowest BCUT2D eigenvalue weighted by atomic mass is 10.1. The highest BCUT2D eigenvalue weighted by Crippen LogP contribution is 2.18. The molecule has 15 heavy (non-hydrogen) atoms. The summed E-state index contributed by atoms with van der Waals surface area (Å²) in [6.45, 7) is 2.11. The molecule has 2 heterocycles. The molecule has 0 aromatic carbocycles. The van der Waals surface area contributed by atoms with Gasteiger partial charge in [-0.2, -0.15) is 0 Å². The van der Waals surface area contributed by atoms with Crippen molar-refractivity contribution in [3.8, 4) is 0 Å². The number of hydrogen-bond acceptors (Lipinski definition) is 5. The predicted molar refractivity (Wildman–Crippen MR) is 60.7 cm³/mol. The first-order chi connectivity index (χ1) is 7.29. The minimum atomic E-state index is 0.337. The Bertz CT molecular complexity index is 302. The van der Waals surface area contributed by atoms with Crippen LogP contribution in [0.2, 0.25) is 0 Å². The molecule has 2 rings (SSSR count). The summed E-state index contributed by atoms with van der Waals surface area (Å²) in [5, 5.41) is 3.31. The largest absolute Gasteiger partial charge is 0.369 e. The molecule has 0 aliphatic carbocycles. The van der Waals surface area contributed by atoms with Crippen LogP contribution in [-0.2, 0) is 0 Å². The number of nitrogens with one attached hydrogen (secondary N) is 1. The van der Waals surface area contributed by atoms with E-state index in [0.29, 0.717) is 12.0 Å². The van der Waals surface area contributed by atoms with Crippen molar-refractivity contribution >= 4 is 11.6 Å². The Kier molecular flexibility index (Phi) is 3.01. The van der Waals surface area contributed by atoms with E-state index >= 15 is 0 Å². The third-order valence-electron chi connectivity index (χ3n) is 2.93. The molecule has 1 fully saturated rings. The average molecular weight is 207 g/mol. The van der Waals surface area contributed by atoms with Crippen LogP contribution in [0.25, 0.3) is 0 Å². The predicted octanol–water partition coefficient (Wildman–Crippen LogP) is 0.247. The standard InChI is InChI=1S/C10H17N5/c1-12-8-2-4-15(5-3-8)9-6-13-10(11)14-7-9/h6-8,12H,2-5H2,1H3,(H2,11,13,14). The maximum atomic E-state index is 5.45. The van der Waals surface area contributed by atoms with E-state index < -0.39 is 0 Å². The van der Waals surface area contributed by atoms with Crippen molar-refractivity contribution < 1.29 is 0 Å². The van der Waals surface area contributed by atoms with Crippen LogP contribution in [0.15, 0.2) is 12.4 Å². The average Bonchev–Trinajstić information content (AvgIpc) is 2.30. The summed E-state index contributed by atoms with van der Waals surface area (Å²) in [6.07, 6.45) is 5.92. The summed E-state index contributed by atoms with van der Waals surface area (Å²) < 4.78 is 0. The molecule has 82 valence electrons. The fourth-order valence-electron chi connectivity index (χ4n) is 1.92. The molecule has 0 radical (unpaired) electrons. The minimum absolute atomic E-state index is 0.337. The number of nitrogen functional groups attached to an aromatic ring is 1. The second-order valence-electron chi connectivity index (χ2n) is 3.85. The smallest absolute Gasteiger partial charge is 0.220 e. The first kappa shape index (κ1) is 10.2. The normalized spacial score (nSPS) is 18.1. The Hall–Kier alpha value is -1.36. The Labute approximate surface area is 89.7 Å². The van der Waals surface area contributed by atoms with Gasteiger partial charge in [0.2, 0.25) is 5.95 Å². The highest BCUT2D eigenvalue weighted by molar-refractivity contribution is 5.44. The van der Waals surface area contributed by atoms with Crippen LogP contribution in [0.4, 0.5) is 11.6 Å². The highest BCUT2D eigenvalue weighted by Gasteiger charge is 2.18. The van der Waals surface area contributed by atoms with Crippen LogP contribution in [-0.4, -0.2) is 36.1 Å². The third kappa shape index (κ3) is 2.36. The van der Waals surface area contributed by atoms with Crippen molar-refractivity contribution in [1.82, 2.24) is 15.3 Å². The first-order valence-corrected chi connectivity index (χ1v) is 5.29. The zero-order chi connectivity index (χ0) is 10.7. The fourth-order valence-corrected chi connectivity index (χ4v) is 1.92. The summed E-state index contributed by atoms with van der Waals surface area (Å²) in [5.41, 5.74) is 6.52. The molecule has 0 saturated carbocycles. The second kappa shape index (κ2) is 4.44. The van der Waals surface area contributed by atoms with Gasteiger partial charge in [-0.25, -0.2) is 9.97 Å². The van der Waals surface area contributed by atoms with Crippen molar-refractivity contribution in [2.75, 3.05) is 30.8 Å². The fraction of sp³-hybridized carbons (Fsp3) is 0.600. The third-order valence-corrected chi connectivity index (χ3v) is 2.93. The number of nitrogens with zero attached hydrogens (tertiary/aromatic N) is 3. The van der Waals surface area contributed by atoms with Crippen LogP contribution in [0, 0.1) is 0 Å². The van der Waals surface area contributed by atoms with E-state index in [1.54, 1.807) is 12.4 Å². The first-order valence-electron chi connectivity index (χ1n) is 5.29. The van der Waals surface area contributed by atoms with Gasteiger partial charge < -0.3 is 16.0 Å². The summed E-state index contributed by atoms with van der Waals surface area (Å²) in [4.78, 5) is 10.3. The van der Waals surface area contributed by atoms with Gasteiger partial charge in [-0.05, 0) is 19.9 Å². The number of anilines is 2. The van der Waals surface area contributed by atoms with Crippen LogP contribution >= 0.6 is 0 Å². The quantitative estimate of drug-likeness (QED) is 0.727. The zero-order valence-corrected chi connectivity index (χ0v) is 8.98. The Balaban J connectivity index is 1.98. The van der Waals surface area contributed by atoms with Gasteiger partial charge in [0.05, 0.1) is 18.1 Å². The number of nitrogens with two attached hydrogens (primary N) is 1. The number of rotatable bonds is 2. The zero-order valence-electron chi connectivity index (χ0n) is 8.98. The number of aromatic nitrogens is 2. The van der Waals surface area contributed by atoms with Crippen molar-refractivity contribution in [1.29, 1.82) is 0 Å². The van der Waals surface area contributed by atoms with E-state index in [1.165, 1.54) is 12.8 Å². The summed E-state index contributed by atoms with van der Waals surface area (Å²) in [6, 6.07) is 0.649. The Morgan fingerprint density at radius 3 is 2.47 bits per heavy atom. The lowest BCUT2D eigenvalue weighted by molar-refractivity contribution is 0.442. The van der Waals surface area contributed by atoms with Crippen LogP contribution in [0.1, 0.15) is 12.8 Å². The van der Waals surface area contributed by atoms with Gasteiger partial charge in [0, 0.05) is 19.1 Å². The van der Waals surface area contributed by atoms with Gasteiger partial charge in [0.25, 0.3) is 0 Å². The van der Waals surface area contributed by atoms with Crippen LogP contribution in [0.5, 0.6) is 0 Å². The van der Waals surface area contributed by atoms with Crippen LogP contribution in [0.3, 0.4) is 0 Å². The Morgan fingerprint density at radius 1 is 1.33 bits per heavy atom. The van der Waals surface area contributed by atoms with E-state index in [1.807, 2.05) is 7.05 Å². The highest BCUT2D eigenvalue weighted by atomic mass is 15.2. The molecule has 1 aromatic heterocycles. The van der Waals surface area contributed by atoms with Gasteiger partial charge >= 0.3 is 0 Å². The summed E-state index contributed by atoms with van der Waals surface area (Å²) >= 11 is 0. The van der Waals surface area contributed by atoms with Gasteiger partial charge in [0.15, 0.2) is 0 Å². The molecule has 0 spiro atoms. The van der Waals surface area contributed by atoms with Gasteiger partial charge in [0.1, 0.15) is 0 Å². The second-order valence-corrected chi connectivity index (χ2v) is 3.85. The molecule has 5 nitrogen and oxygen atoms in total. The maximum absolute atomic E-state index is 5.45. The maximum Gasteiger partial charge on any atom is 0.220 e. The van der Waals surface area contributed by atoms with Crippen molar-refractivity contribution in [2.24, 2.45) is 0 Å². The summed E-state index contributed by atoms with van der Waals surface area (Å²) in [7, 11) is 2.02. The molecule has 1 saturated heterocycles. The Morgan fingerprint density at radius 2 is 1.93 bits per heavy atom. The minimum Gasteiger partial charge on any atom is -0.369 e. The van der Waals surface area contributed by atoms with Gasteiger partial charge in [-0.15, -0.1) is 0 Å². The van der Waals surface area contributed by atoms with E-state index in [4.69, 9.17) is 5.73 Å². The molecule has 0 bridgehead atoms. The molecule has 0 amide bonds. The molecule has 0 atom stereocenters. The topological polar surface area (TPSA) is 67.1 Å². The molecule has 5 heteroatoms. The van der Waals surface area contributed by atoms with Gasteiger partial charge in [-0.3, -0.25) is 0 Å². The molecule has 1 aromatic rings. The molecular formula is C10H17N5. The lowest BCUT2D eigenvalue weighted by Gasteiger charge is -2.32. The van der Waals surface area contributed by atoms with E-state index in [9.17, 15) is 0 Å². The molecule has 1 aliphatic rings. The number of hydrogen-bond donors (Lipinski definition) is 2. The SMILES string of the molecule is CNC1CCN(c2cnc(N)nc2)CC1. The van der Waals surface area contributed by atoms with Crippen molar-refractivity contribution in [2.45, 2.75) is 18.9 Å². The lowest BCUT2D eigenvalue weighted by Crippen LogP contribution is -2.41. The van der Waals surface area contributed by atoms with E-state index in [0.717, 1.165) is 18.8 Å². The molecule has 1 aliphatic heterocycles. The molecule has 3 N–H and O–H groups in total. The summed E-state index contributed by atoms with van der Waals surface area (Å²) in [5.74, 6) is 0.337. The van der Waals surface area contributed by atoms with Crippen molar-refractivity contribution in [3.63, 3.8) is 0 Å². The van der Waals surface area contributed by atoms with Crippen LogP contribution < -0.4 is 16.0 Å². The number of piperidine rings is 1. The van der Waals surface area contributed by atoms with E-state index in [-0.39, 0.29) is 0 Å². The van der Waals surface area contributed by atoms with Crippen molar-refractivity contribution in [3.05, 3.63) is 12.4 Å². The molecular weight excluding hydrogens is 190 g/mol.